The molecule has 0 radical (unpaired) electrons. The Morgan fingerprint density at radius 1 is 0.889 bits per heavy atom. The monoisotopic (exact) mass is 355 g/mol. The highest BCUT2D eigenvalue weighted by molar-refractivity contribution is 5.91. The summed E-state index contributed by atoms with van der Waals surface area (Å²) >= 11 is 0. The summed E-state index contributed by atoms with van der Waals surface area (Å²) in [4.78, 5) is 5.03. The molecule has 27 heavy (non-hydrogen) atoms. The Morgan fingerprint density at radius 2 is 1.63 bits per heavy atom. The number of ether oxygens (including phenoxy) is 1. The van der Waals surface area contributed by atoms with Crippen LogP contribution >= 0.6 is 0 Å². The van der Waals surface area contributed by atoms with Crippen LogP contribution in [0.3, 0.4) is 0 Å². The van der Waals surface area contributed by atoms with Gasteiger partial charge < -0.3 is 4.74 Å². The number of fused-ring (bicyclic) bond motifs is 1. The molecule has 0 aliphatic heterocycles. The summed E-state index contributed by atoms with van der Waals surface area (Å²) in [6.07, 6.45) is 6.97. The number of benzene rings is 2. The van der Waals surface area contributed by atoms with Gasteiger partial charge in [0.05, 0.1) is 17.4 Å². The zero-order chi connectivity index (χ0) is 18.1. The van der Waals surface area contributed by atoms with E-state index in [0.717, 1.165) is 33.7 Å². The average Bonchev–Trinajstić information content (AvgIpc) is 3.40. The Kier molecular flexibility index (Phi) is 4.09. The fourth-order valence-electron chi connectivity index (χ4n) is 3.92. The molecule has 1 aliphatic carbocycles. The van der Waals surface area contributed by atoms with Crippen LogP contribution in [0.1, 0.15) is 37.3 Å². The van der Waals surface area contributed by atoms with Crippen molar-refractivity contribution in [1.29, 1.82) is 0 Å². The van der Waals surface area contributed by atoms with Crippen molar-refractivity contribution < 1.29 is 4.74 Å². The molecule has 1 aliphatic rings. The highest BCUT2D eigenvalue weighted by atomic mass is 16.5. The molecular weight excluding hydrogens is 334 g/mol. The third kappa shape index (κ3) is 3.19. The fraction of sp³-hybridized carbons (Fsp3) is 0.217. The normalized spacial score (nSPS) is 14.7. The van der Waals surface area contributed by atoms with E-state index in [2.05, 4.69) is 28.4 Å². The second-order valence-corrected chi connectivity index (χ2v) is 7.15. The predicted molar refractivity (Wildman–Crippen MR) is 107 cm³/mol. The van der Waals surface area contributed by atoms with Gasteiger partial charge in [0, 0.05) is 22.6 Å². The van der Waals surface area contributed by atoms with E-state index >= 15 is 0 Å². The molecule has 4 aromatic rings. The van der Waals surface area contributed by atoms with Crippen LogP contribution in [0.25, 0.3) is 22.2 Å². The predicted octanol–water partition coefficient (Wildman–Crippen LogP) is 6.07. The molecule has 0 amide bonds. The van der Waals surface area contributed by atoms with Gasteiger partial charge in [0.25, 0.3) is 0 Å². The lowest BCUT2D eigenvalue weighted by molar-refractivity contribution is 0.483. The van der Waals surface area contributed by atoms with Gasteiger partial charge in [-0.05, 0) is 55.3 Å². The summed E-state index contributed by atoms with van der Waals surface area (Å²) in [5, 5.41) is 8.49. The van der Waals surface area contributed by atoms with Gasteiger partial charge in [0.1, 0.15) is 11.5 Å². The minimum Gasteiger partial charge on any atom is -0.457 e. The number of H-pyrrole nitrogens is 1. The molecule has 4 heteroatoms. The van der Waals surface area contributed by atoms with Crippen LogP contribution in [-0.4, -0.2) is 15.2 Å². The van der Waals surface area contributed by atoms with E-state index < -0.39 is 0 Å². The van der Waals surface area contributed by atoms with Gasteiger partial charge in [-0.2, -0.15) is 5.10 Å². The zero-order valence-corrected chi connectivity index (χ0v) is 15.1. The number of nitrogens with zero attached hydrogens (tertiary/aromatic N) is 2. The maximum atomic E-state index is 5.91. The first-order valence-electron chi connectivity index (χ1n) is 9.54. The minimum absolute atomic E-state index is 0.573. The van der Waals surface area contributed by atoms with Crippen LogP contribution in [0.15, 0.2) is 66.9 Å². The zero-order valence-electron chi connectivity index (χ0n) is 15.1. The van der Waals surface area contributed by atoms with Gasteiger partial charge in [-0.1, -0.05) is 31.0 Å². The maximum Gasteiger partial charge on any atom is 0.127 e. The van der Waals surface area contributed by atoms with E-state index in [9.17, 15) is 0 Å². The van der Waals surface area contributed by atoms with Gasteiger partial charge in [0.15, 0.2) is 0 Å². The minimum atomic E-state index is 0.573. The van der Waals surface area contributed by atoms with Crippen molar-refractivity contribution in [3.8, 4) is 22.8 Å². The average molecular weight is 355 g/mol. The first-order valence-corrected chi connectivity index (χ1v) is 9.54. The van der Waals surface area contributed by atoms with Crippen molar-refractivity contribution in [3.05, 3.63) is 72.6 Å². The lowest BCUT2D eigenvalue weighted by Crippen LogP contribution is -1.98. The van der Waals surface area contributed by atoms with Gasteiger partial charge >= 0.3 is 0 Å². The Balaban J connectivity index is 1.50. The molecule has 2 aromatic carbocycles. The molecule has 0 unspecified atom stereocenters. The highest BCUT2D eigenvalue weighted by Crippen LogP contribution is 2.36. The SMILES string of the molecule is c1ccc(Oc2ccc(-c3nc(C4CCCC4)cc4cn[nH]c34)cc2)cc1. The van der Waals surface area contributed by atoms with Crippen LogP contribution in [-0.2, 0) is 0 Å². The number of nitrogens with one attached hydrogen (secondary N) is 1. The summed E-state index contributed by atoms with van der Waals surface area (Å²) < 4.78 is 5.91. The van der Waals surface area contributed by atoms with Crippen molar-refractivity contribution in [2.24, 2.45) is 0 Å². The van der Waals surface area contributed by atoms with Gasteiger partial charge in [-0.25, -0.2) is 0 Å². The van der Waals surface area contributed by atoms with E-state index in [0.29, 0.717) is 5.92 Å². The van der Waals surface area contributed by atoms with Gasteiger partial charge in [-0.15, -0.1) is 0 Å². The van der Waals surface area contributed by atoms with Crippen molar-refractivity contribution in [3.63, 3.8) is 0 Å². The number of hydrogen-bond donors (Lipinski definition) is 1. The molecule has 1 fully saturated rings. The third-order valence-corrected chi connectivity index (χ3v) is 5.33. The van der Waals surface area contributed by atoms with Gasteiger partial charge in [-0.3, -0.25) is 10.1 Å². The Labute approximate surface area is 158 Å². The second-order valence-electron chi connectivity index (χ2n) is 7.15. The lowest BCUT2D eigenvalue weighted by Gasteiger charge is -2.12. The second kappa shape index (κ2) is 6.88. The Bertz CT molecular complexity index is 1050. The molecule has 1 N–H and O–H groups in total. The fourth-order valence-corrected chi connectivity index (χ4v) is 3.92. The molecule has 0 saturated heterocycles. The summed E-state index contributed by atoms with van der Waals surface area (Å²) in [5.74, 6) is 2.23. The van der Waals surface area contributed by atoms with Crippen LogP contribution in [0, 0.1) is 0 Å². The topological polar surface area (TPSA) is 50.8 Å². The smallest absolute Gasteiger partial charge is 0.127 e. The number of hydrogen-bond acceptors (Lipinski definition) is 3. The number of pyridine rings is 1. The Morgan fingerprint density at radius 3 is 2.41 bits per heavy atom. The molecule has 0 bridgehead atoms. The molecule has 0 atom stereocenters. The van der Waals surface area contributed by atoms with Crippen molar-refractivity contribution in [2.45, 2.75) is 31.6 Å². The van der Waals surface area contributed by atoms with Crippen LogP contribution in [0.4, 0.5) is 0 Å². The van der Waals surface area contributed by atoms with E-state index in [1.807, 2.05) is 48.7 Å². The molecule has 4 nitrogen and oxygen atoms in total. The van der Waals surface area contributed by atoms with Gasteiger partial charge in [0.2, 0.25) is 0 Å². The van der Waals surface area contributed by atoms with Crippen LogP contribution in [0.5, 0.6) is 11.5 Å². The summed E-state index contributed by atoms with van der Waals surface area (Å²) in [5.41, 5.74) is 4.23. The number of aromatic nitrogens is 3. The first kappa shape index (κ1) is 16.1. The Hall–Kier alpha value is -3.14. The van der Waals surface area contributed by atoms with E-state index in [-0.39, 0.29) is 0 Å². The van der Waals surface area contributed by atoms with Crippen molar-refractivity contribution >= 4 is 10.9 Å². The molecule has 0 spiro atoms. The molecule has 1 saturated carbocycles. The van der Waals surface area contributed by atoms with Crippen molar-refractivity contribution in [1.82, 2.24) is 15.2 Å². The van der Waals surface area contributed by atoms with Crippen molar-refractivity contribution in [2.75, 3.05) is 0 Å². The molecule has 134 valence electrons. The number of rotatable bonds is 4. The molecule has 5 rings (SSSR count). The first-order chi connectivity index (χ1) is 13.4. The highest BCUT2D eigenvalue weighted by Gasteiger charge is 2.21. The number of para-hydroxylation sites is 1. The summed E-state index contributed by atoms with van der Waals surface area (Å²) in [6.45, 7) is 0. The van der Waals surface area contributed by atoms with Crippen LogP contribution < -0.4 is 4.74 Å². The van der Waals surface area contributed by atoms with E-state index in [1.165, 1.54) is 31.4 Å². The molecule has 2 heterocycles. The quantitative estimate of drug-likeness (QED) is 0.483. The summed E-state index contributed by atoms with van der Waals surface area (Å²) in [6, 6.07) is 20.2. The van der Waals surface area contributed by atoms with E-state index in [1.54, 1.807) is 0 Å². The van der Waals surface area contributed by atoms with Crippen LogP contribution in [0.2, 0.25) is 0 Å². The maximum absolute atomic E-state index is 5.91. The third-order valence-electron chi connectivity index (χ3n) is 5.33. The lowest BCUT2D eigenvalue weighted by atomic mass is 10.0. The standard InChI is InChI=1S/C23H21N3O/c1-2-8-19(9-3-1)27-20-12-10-17(11-13-20)22-23-18(15-24-26-23)14-21(25-22)16-6-4-5-7-16/h1-3,8-16H,4-7H2,(H,24,26). The number of aromatic amines is 1. The molecule has 2 aromatic heterocycles. The van der Waals surface area contributed by atoms with E-state index in [4.69, 9.17) is 9.72 Å². The largest absolute Gasteiger partial charge is 0.457 e. The molecular formula is C23H21N3O. The summed E-state index contributed by atoms with van der Waals surface area (Å²) in [7, 11) is 0.